The number of carboxylic acid groups (broad SMARTS) is 1. The Morgan fingerprint density at radius 3 is 2.44 bits per heavy atom. The van der Waals surface area contributed by atoms with Gasteiger partial charge < -0.3 is 9.84 Å². The van der Waals surface area contributed by atoms with Gasteiger partial charge in [-0.3, -0.25) is 9.69 Å². The van der Waals surface area contributed by atoms with Crippen LogP contribution in [0.4, 0.5) is 0 Å². The highest BCUT2D eigenvalue weighted by Crippen LogP contribution is 2.17. The number of ether oxygens (including phenoxy) is 1. The summed E-state index contributed by atoms with van der Waals surface area (Å²) >= 11 is 0. The number of rotatable bonds is 9. The zero-order valence-corrected chi connectivity index (χ0v) is 15.3. The fourth-order valence-corrected chi connectivity index (χ4v) is 3.85. The number of sulfonamides is 1. The van der Waals surface area contributed by atoms with Crippen molar-refractivity contribution in [2.24, 2.45) is 0 Å². The van der Waals surface area contributed by atoms with Crippen molar-refractivity contribution in [3.63, 3.8) is 0 Å². The summed E-state index contributed by atoms with van der Waals surface area (Å²) in [5.41, 5.74) is 0. The van der Waals surface area contributed by atoms with Crippen molar-refractivity contribution in [3.05, 3.63) is 24.3 Å². The molecule has 0 aromatic heterocycles. The Morgan fingerprint density at radius 1 is 1.24 bits per heavy atom. The molecular formula is C17H26N2O5S. The standard InChI is InChI=1S/C17H26N2O5S/c1-2-12-24-14-6-8-15(9-7-14)25(22,23)18-13-16(17(20)21)19-10-4-3-5-11-19/h6-9,16,18H,2-5,10-13H2,1H3,(H,20,21). The van der Waals surface area contributed by atoms with Crippen molar-refractivity contribution in [1.82, 2.24) is 9.62 Å². The van der Waals surface area contributed by atoms with Crippen molar-refractivity contribution in [2.75, 3.05) is 26.2 Å². The molecule has 2 rings (SSSR count). The second-order valence-corrected chi connectivity index (χ2v) is 7.89. The van der Waals surface area contributed by atoms with Crippen molar-refractivity contribution < 1.29 is 23.1 Å². The van der Waals surface area contributed by atoms with Gasteiger partial charge in [-0.2, -0.15) is 0 Å². The van der Waals surface area contributed by atoms with Crippen LogP contribution in [0.15, 0.2) is 29.2 Å². The summed E-state index contributed by atoms with van der Waals surface area (Å²) in [7, 11) is -3.76. The van der Waals surface area contributed by atoms with Crippen LogP contribution in [0.1, 0.15) is 32.6 Å². The summed E-state index contributed by atoms with van der Waals surface area (Å²) < 4.78 is 32.7. The summed E-state index contributed by atoms with van der Waals surface area (Å²) in [6.07, 6.45) is 3.83. The summed E-state index contributed by atoms with van der Waals surface area (Å²) in [5.74, 6) is -0.398. The van der Waals surface area contributed by atoms with Gasteiger partial charge in [0.1, 0.15) is 11.8 Å². The molecule has 1 fully saturated rings. The van der Waals surface area contributed by atoms with E-state index in [1.54, 1.807) is 12.1 Å². The van der Waals surface area contributed by atoms with Crippen LogP contribution in [-0.2, 0) is 14.8 Å². The Hall–Kier alpha value is -1.64. The van der Waals surface area contributed by atoms with E-state index in [1.807, 2.05) is 11.8 Å². The lowest BCUT2D eigenvalue weighted by atomic mass is 10.1. The predicted molar refractivity (Wildman–Crippen MR) is 94.3 cm³/mol. The maximum absolute atomic E-state index is 12.4. The number of carbonyl (C=O) groups is 1. The predicted octanol–water partition coefficient (Wildman–Crippen LogP) is 1.69. The third-order valence-electron chi connectivity index (χ3n) is 4.19. The fraction of sp³-hybridized carbons (Fsp3) is 0.588. The fourth-order valence-electron chi connectivity index (χ4n) is 2.81. The average molecular weight is 370 g/mol. The van der Waals surface area contributed by atoms with Crippen LogP contribution < -0.4 is 9.46 Å². The zero-order chi connectivity index (χ0) is 18.3. The molecule has 7 nitrogen and oxygen atoms in total. The highest BCUT2D eigenvalue weighted by atomic mass is 32.2. The van der Waals surface area contributed by atoms with E-state index in [0.29, 0.717) is 25.4 Å². The van der Waals surface area contributed by atoms with E-state index in [9.17, 15) is 18.3 Å². The lowest BCUT2D eigenvalue weighted by Gasteiger charge is -2.31. The largest absolute Gasteiger partial charge is 0.494 e. The summed E-state index contributed by atoms with van der Waals surface area (Å²) in [5, 5.41) is 9.42. The molecule has 1 unspecified atom stereocenters. The first-order chi connectivity index (χ1) is 11.9. The van der Waals surface area contributed by atoms with E-state index in [0.717, 1.165) is 25.7 Å². The number of likely N-dealkylation sites (tertiary alicyclic amines) is 1. The molecule has 1 aliphatic rings. The molecule has 0 bridgehead atoms. The highest BCUT2D eigenvalue weighted by Gasteiger charge is 2.28. The minimum absolute atomic E-state index is 0.0964. The molecule has 0 amide bonds. The molecule has 1 aromatic rings. The van der Waals surface area contributed by atoms with Crippen LogP contribution in [0.25, 0.3) is 0 Å². The van der Waals surface area contributed by atoms with E-state index >= 15 is 0 Å². The molecule has 1 aromatic carbocycles. The van der Waals surface area contributed by atoms with Gasteiger partial charge in [-0.15, -0.1) is 0 Å². The van der Waals surface area contributed by atoms with Crippen LogP contribution in [0.2, 0.25) is 0 Å². The van der Waals surface area contributed by atoms with Gasteiger partial charge in [-0.25, -0.2) is 13.1 Å². The first kappa shape index (κ1) is 19.7. The number of nitrogens with zero attached hydrogens (tertiary/aromatic N) is 1. The average Bonchev–Trinajstić information content (AvgIpc) is 2.61. The van der Waals surface area contributed by atoms with Gasteiger partial charge >= 0.3 is 5.97 Å². The summed E-state index contributed by atoms with van der Waals surface area (Å²) in [6.45, 7) is 3.78. The van der Waals surface area contributed by atoms with E-state index in [1.165, 1.54) is 12.1 Å². The van der Waals surface area contributed by atoms with Crippen molar-refractivity contribution in [3.8, 4) is 5.75 Å². The number of aliphatic carboxylic acids is 1. The molecular weight excluding hydrogens is 344 g/mol. The minimum Gasteiger partial charge on any atom is -0.494 e. The van der Waals surface area contributed by atoms with E-state index in [4.69, 9.17) is 4.74 Å². The van der Waals surface area contributed by atoms with Gasteiger partial charge in [0, 0.05) is 6.54 Å². The molecule has 0 spiro atoms. The maximum atomic E-state index is 12.4. The Bertz CT molecular complexity index is 654. The quantitative estimate of drug-likeness (QED) is 0.687. The van der Waals surface area contributed by atoms with Crippen LogP contribution in [0, 0.1) is 0 Å². The maximum Gasteiger partial charge on any atom is 0.322 e. The summed E-state index contributed by atoms with van der Waals surface area (Å²) in [4.78, 5) is 13.4. The molecule has 0 radical (unpaired) electrons. The molecule has 0 aliphatic carbocycles. The SMILES string of the molecule is CCCOc1ccc(S(=O)(=O)NCC(C(=O)O)N2CCCCC2)cc1. The van der Waals surface area contributed by atoms with Crippen molar-refractivity contribution in [1.29, 1.82) is 0 Å². The molecule has 25 heavy (non-hydrogen) atoms. The van der Waals surface area contributed by atoms with Crippen molar-refractivity contribution >= 4 is 16.0 Å². The van der Waals surface area contributed by atoms with Gasteiger partial charge in [0.15, 0.2) is 0 Å². The van der Waals surface area contributed by atoms with E-state index in [2.05, 4.69) is 4.72 Å². The van der Waals surface area contributed by atoms with Crippen LogP contribution in [0.5, 0.6) is 5.75 Å². The lowest BCUT2D eigenvalue weighted by Crippen LogP contribution is -2.50. The number of nitrogens with one attached hydrogen (secondary N) is 1. The second kappa shape index (κ2) is 9.17. The first-order valence-electron chi connectivity index (χ1n) is 8.63. The van der Waals surface area contributed by atoms with Gasteiger partial charge in [-0.05, 0) is 56.6 Å². The normalized spacial score (nSPS) is 17.2. The number of carboxylic acids is 1. The number of benzene rings is 1. The van der Waals surface area contributed by atoms with Gasteiger partial charge in [0.25, 0.3) is 0 Å². The van der Waals surface area contributed by atoms with Crippen molar-refractivity contribution in [2.45, 2.75) is 43.5 Å². The Balaban J connectivity index is 2.00. The van der Waals surface area contributed by atoms with Gasteiger partial charge in [-0.1, -0.05) is 13.3 Å². The molecule has 1 aliphatic heterocycles. The number of hydrogen-bond donors (Lipinski definition) is 2. The Kier molecular flexibility index (Phi) is 7.22. The molecule has 140 valence electrons. The minimum atomic E-state index is -3.76. The topological polar surface area (TPSA) is 95.9 Å². The molecule has 1 atom stereocenters. The number of piperidine rings is 1. The third kappa shape index (κ3) is 5.69. The highest BCUT2D eigenvalue weighted by molar-refractivity contribution is 7.89. The third-order valence-corrected chi connectivity index (χ3v) is 5.63. The van der Waals surface area contributed by atoms with E-state index in [-0.39, 0.29) is 11.4 Å². The van der Waals surface area contributed by atoms with E-state index < -0.39 is 22.0 Å². The van der Waals surface area contributed by atoms with Gasteiger partial charge in [0.05, 0.1) is 11.5 Å². The molecule has 1 heterocycles. The smallest absolute Gasteiger partial charge is 0.322 e. The summed E-state index contributed by atoms with van der Waals surface area (Å²) in [6, 6.07) is 5.28. The molecule has 1 saturated heterocycles. The Morgan fingerprint density at radius 2 is 1.88 bits per heavy atom. The molecule has 2 N–H and O–H groups in total. The molecule has 8 heteroatoms. The monoisotopic (exact) mass is 370 g/mol. The first-order valence-corrected chi connectivity index (χ1v) is 10.1. The molecule has 0 saturated carbocycles. The van der Waals surface area contributed by atoms with Crippen LogP contribution in [0.3, 0.4) is 0 Å². The zero-order valence-electron chi connectivity index (χ0n) is 14.5. The second-order valence-electron chi connectivity index (χ2n) is 6.12. The van der Waals surface area contributed by atoms with Gasteiger partial charge in [0.2, 0.25) is 10.0 Å². The van der Waals surface area contributed by atoms with Crippen LogP contribution >= 0.6 is 0 Å². The van der Waals surface area contributed by atoms with Crippen LogP contribution in [-0.4, -0.2) is 56.7 Å². The lowest BCUT2D eigenvalue weighted by molar-refractivity contribution is -0.143. The number of hydrogen-bond acceptors (Lipinski definition) is 5. The Labute approximate surface area is 149 Å².